The van der Waals surface area contributed by atoms with Crippen LogP contribution in [0.3, 0.4) is 0 Å². The summed E-state index contributed by atoms with van der Waals surface area (Å²) < 4.78 is 0. The fourth-order valence-corrected chi connectivity index (χ4v) is 3.54. The van der Waals surface area contributed by atoms with Crippen molar-refractivity contribution in [2.45, 2.75) is 40.0 Å². The summed E-state index contributed by atoms with van der Waals surface area (Å²) >= 11 is 0. The van der Waals surface area contributed by atoms with Crippen LogP contribution in [0.2, 0.25) is 0 Å². The molecule has 0 aliphatic carbocycles. The van der Waals surface area contributed by atoms with Crippen molar-refractivity contribution in [2.75, 3.05) is 13.1 Å². The quantitative estimate of drug-likeness (QED) is 0.867. The van der Waals surface area contributed by atoms with Crippen molar-refractivity contribution in [1.82, 2.24) is 14.9 Å². The highest BCUT2D eigenvalue weighted by molar-refractivity contribution is 5.73. The zero-order valence-corrected chi connectivity index (χ0v) is 14.7. The number of carbonyl (C=O) groups is 1. The van der Waals surface area contributed by atoms with Gasteiger partial charge in [-0.15, -0.1) is 0 Å². The van der Waals surface area contributed by atoms with Crippen molar-refractivity contribution < 1.29 is 4.79 Å². The third-order valence-electron chi connectivity index (χ3n) is 5.08. The van der Waals surface area contributed by atoms with Crippen molar-refractivity contribution in [1.29, 1.82) is 0 Å². The number of piperidine rings is 1. The number of likely N-dealkylation sites (tertiary alicyclic amines) is 1. The predicted molar refractivity (Wildman–Crippen MR) is 95.6 cm³/mol. The average Bonchev–Trinajstić information content (AvgIpc) is 2.58. The molecule has 0 N–H and O–H groups in total. The van der Waals surface area contributed by atoms with Crippen LogP contribution in [-0.4, -0.2) is 33.9 Å². The maximum atomic E-state index is 11.7. The SMILES string of the molecule is CC(=O)N1CCCC(Cc2nccnc2-c2cccc(C)c2C)C1. The molecule has 1 aliphatic heterocycles. The second-order valence-electron chi connectivity index (χ2n) is 6.78. The molecule has 0 saturated carbocycles. The summed E-state index contributed by atoms with van der Waals surface area (Å²) in [6.45, 7) is 7.64. The molecule has 1 aliphatic rings. The molecule has 0 bridgehead atoms. The van der Waals surface area contributed by atoms with E-state index in [1.165, 1.54) is 11.1 Å². The number of nitrogens with zero attached hydrogens (tertiary/aromatic N) is 3. The van der Waals surface area contributed by atoms with E-state index in [9.17, 15) is 4.79 Å². The van der Waals surface area contributed by atoms with E-state index in [0.29, 0.717) is 5.92 Å². The normalized spacial score (nSPS) is 17.8. The van der Waals surface area contributed by atoms with Gasteiger partial charge in [0.2, 0.25) is 5.91 Å². The zero-order valence-electron chi connectivity index (χ0n) is 14.7. The van der Waals surface area contributed by atoms with Crippen LogP contribution in [-0.2, 0) is 11.2 Å². The topological polar surface area (TPSA) is 46.1 Å². The van der Waals surface area contributed by atoms with Gasteiger partial charge in [0.15, 0.2) is 0 Å². The first-order valence-corrected chi connectivity index (χ1v) is 8.68. The van der Waals surface area contributed by atoms with Gasteiger partial charge in [0.1, 0.15) is 0 Å². The Hall–Kier alpha value is -2.23. The lowest BCUT2D eigenvalue weighted by molar-refractivity contribution is -0.130. The summed E-state index contributed by atoms with van der Waals surface area (Å²) in [7, 11) is 0. The lowest BCUT2D eigenvalue weighted by atomic mass is 9.90. The summed E-state index contributed by atoms with van der Waals surface area (Å²) in [5.74, 6) is 0.636. The molecule has 4 nitrogen and oxygen atoms in total. The number of carbonyl (C=O) groups excluding carboxylic acids is 1. The highest BCUT2D eigenvalue weighted by atomic mass is 16.2. The second-order valence-corrected chi connectivity index (χ2v) is 6.78. The van der Waals surface area contributed by atoms with Crippen LogP contribution >= 0.6 is 0 Å². The highest BCUT2D eigenvalue weighted by Gasteiger charge is 2.23. The standard InChI is InChI=1S/C20H25N3O/c1-14-6-4-8-18(15(14)2)20-19(21-9-10-22-20)12-17-7-5-11-23(13-17)16(3)24/h4,6,8-10,17H,5,7,11-13H2,1-3H3. The van der Waals surface area contributed by atoms with Gasteiger partial charge >= 0.3 is 0 Å². The minimum absolute atomic E-state index is 0.175. The first-order valence-electron chi connectivity index (χ1n) is 8.68. The van der Waals surface area contributed by atoms with E-state index in [4.69, 9.17) is 0 Å². The first-order chi connectivity index (χ1) is 11.6. The number of hydrogen-bond donors (Lipinski definition) is 0. The van der Waals surface area contributed by atoms with E-state index in [2.05, 4.69) is 42.0 Å². The molecule has 4 heteroatoms. The first kappa shape index (κ1) is 16.6. The van der Waals surface area contributed by atoms with E-state index in [1.54, 1.807) is 19.3 Å². The van der Waals surface area contributed by atoms with Crippen LogP contribution in [0, 0.1) is 19.8 Å². The Balaban J connectivity index is 1.87. The minimum Gasteiger partial charge on any atom is -0.343 e. The summed E-state index contributed by atoms with van der Waals surface area (Å²) in [6.07, 6.45) is 6.63. The lowest BCUT2D eigenvalue weighted by Crippen LogP contribution is -2.39. The molecular weight excluding hydrogens is 298 g/mol. The van der Waals surface area contributed by atoms with Gasteiger partial charge in [0, 0.05) is 38.0 Å². The Morgan fingerprint density at radius 2 is 2.04 bits per heavy atom. The Morgan fingerprint density at radius 1 is 1.25 bits per heavy atom. The molecule has 24 heavy (non-hydrogen) atoms. The van der Waals surface area contributed by atoms with E-state index in [1.807, 2.05) is 4.90 Å². The molecule has 1 saturated heterocycles. The van der Waals surface area contributed by atoms with Crippen LogP contribution < -0.4 is 0 Å². The minimum atomic E-state index is 0.175. The molecular formula is C20H25N3O. The molecule has 1 aromatic carbocycles. The van der Waals surface area contributed by atoms with E-state index >= 15 is 0 Å². The summed E-state index contributed by atoms with van der Waals surface area (Å²) in [4.78, 5) is 22.9. The Bertz CT molecular complexity index is 741. The van der Waals surface area contributed by atoms with Gasteiger partial charge in [0.25, 0.3) is 0 Å². The van der Waals surface area contributed by atoms with Crippen molar-refractivity contribution in [3.63, 3.8) is 0 Å². The molecule has 0 spiro atoms. The molecule has 1 fully saturated rings. The largest absolute Gasteiger partial charge is 0.343 e. The number of benzene rings is 1. The molecule has 1 amide bonds. The smallest absolute Gasteiger partial charge is 0.219 e. The molecule has 2 heterocycles. The third-order valence-corrected chi connectivity index (χ3v) is 5.08. The van der Waals surface area contributed by atoms with Crippen LogP contribution in [0.1, 0.15) is 36.6 Å². The maximum Gasteiger partial charge on any atom is 0.219 e. The second kappa shape index (κ2) is 7.12. The van der Waals surface area contributed by atoms with Gasteiger partial charge in [-0.2, -0.15) is 0 Å². The number of aryl methyl sites for hydroxylation is 1. The predicted octanol–water partition coefficient (Wildman–Crippen LogP) is 3.56. The van der Waals surface area contributed by atoms with Crippen molar-refractivity contribution in [3.8, 4) is 11.3 Å². The van der Waals surface area contributed by atoms with Crippen LogP contribution in [0.5, 0.6) is 0 Å². The molecule has 1 atom stereocenters. The number of rotatable bonds is 3. The van der Waals surface area contributed by atoms with E-state index < -0.39 is 0 Å². The van der Waals surface area contributed by atoms with E-state index in [-0.39, 0.29) is 5.91 Å². The fraction of sp³-hybridized carbons (Fsp3) is 0.450. The van der Waals surface area contributed by atoms with Crippen molar-refractivity contribution in [3.05, 3.63) is 47.4 Å². The highest BCUT2D eigenvalue weighted by Crippen LogP contribution is 2.28. The molecule has 126 valence electrons. The van der Waals surface area contributed by atoms with Crippen molar-refractivity contribution >= 4 is 5.91 Å². The van der Waals surface area contributed by atoms with Crippen molar-refractivity contribution in [2.24, 2.45) is 5.92 Å². The molecule has 3 rings (SSSR count). The molecule has 2 aromatic rings. The van der Waals surface area contributed by atoms with Gasteiger partial charge in [-0.3, -0.25) is 14.8 Å². The Morgan fingerprint density at radius 3 is 2.83 bits per heavy atom. The van der Waals surface area contributed by atoms with Gasteiger partial charge < -0.3 is 4.90 Å². The summed E-state index contributed by atoms with van der Waals surface area (Å²) in [5, 5.41) is 0. The van der Waals surface area contributed by atoms with Gasteiger partial charge in [-0.25, -0.2) is 0 Å². The zero-order chi connectivity index (χ0) is 17.1. The Kier molecular flexibility index (Phi) is 4.93. The van der Waals surface area contributed by atoms with Crippen LogP contribution in [0.4, 0.5) is 0 Å². The van der Waals surface area contributed by atoms with Crippen LogP contribution in [0.25, 0.3) is 11.3 Å². The molecule has 0 radical (unpaired) electrons. The molecule has 1 aromatic heterocycles. The van der Waals surface area contributed by atoms with Gasteiger partial charge in [-0.1, -0.05) is 18.2 Å². The summed E-state index contributed by atoms with van der Waals surface area (Å²) in [5.41, 5.74) is 5.72. The van der Waals surface area contributed by atoms with Gasteiger partial charge in [0.05, 0.1) is 11.4 Å². The monoisotopic (exact) mass is 323 g/mol. The summed E-state index contributed by atoms with van der Waals surface area (Å²) in [6, 6.07) is 6.33. The number of aromatic nitrogens is 2. The molecule has 1 unspecified atom stereocenters. The number of hydrogen-bond acceptors (Lipinski definition) is 3. The van der Waals surface area contributed by atoms with Gasteiger partial charge in [-0.05, 0) is 50.2 Å². The van der Waals surface area contributed by atoms with Crippen LogP contribution in [0.15, 0.2) is 30.6 Å². The fourth-order valence-electron chi connectivity index (χ4n) is 3.54. The van der Waals surface area contributed by atoms with E-state index in [0.717, 1.165) is 49.3 Å². The maximum absolute atomic E-state index is 11.7. The Labute approximate surface area is 143 Å². The number of amides is 1. The average molecular weight is 323 g/mol. The lowest BCUT2D eigenvalue weighted by Gasteiger charge is -2.32. The third kappa shape index (κ3) is 3.48.